The minimum atomic E-state index is 0.709. The molecule has 0 radical (unpaired) electrons. The Morgan fingerprint density at radius 2 is 2.29 bits per heavy atom. The van der Waals surface area contributed by atoms with Crippen molar-refractivity contribution in [1.29, 1.82) is 0 Å². The van der Waals surface area contributed by atoms with Crippen molar-refractivity contribution < 1.29 is 0 Å². The number of hydrogen-bond donors (Lipinski definition) is 0. The van der Waals surface area contributed by atoms with Gasteiger partial charge >= 0.3 is 0 Å². The van der Waals surface area contributed by atoms with Gasteiger partial charge in [-0.2, -0.15) is 0 Å². The van der Waals surface area contributed by atoms with Gasteiger partial charge < -0.3 is 4.40 Å². The largest absolute Gasteiger partial charge is 0.304 e. The van der Waals surface area contributed by atoms with Crippen LogP contribution in [0.3, 0.4) is 0 Å². The standard InChI is InChI=1S/C12H14N2/c1-9-5-6-14-11(7-9)8-13-12(14)10-3-2-4-10/h5-8,10H,2-4H2,1H3. The minimum Gasteiger partial charge on any atom is -0.304 e. The second-order valence-electron chi connectivity index (χ2n) is 4.24. The van der Waals surface area contributed by atoms with Gasteiger partial charge in [-0.25, -0.2) is 4.98 Å². The van der Waals surface area contributed by atoms with Gasteiger partial charge in [-0.3, -0.25) is 0 Å². The van der Waals surface area contributed by atoms with Crippen molar-refractivity contribution in [2.75, 3.05) is 0 Å². The van der Waals surface area contributed by atoms with Gasteiger partial charge in [0.15, 0.2) is 0 Å². The van der Waals surface area contributed by atoms with E-state index in [1.165, 1.54) is 36.2 Å². The summed E-state index contributed by atoms with van der Waals surface area (Å²) in [6.07, 6.45) is 8.12. The molecule has 0 amide bonds. The molecule has 2 aromatic heterocycles. The first-order valence-electron chi connectivity index (χ1n) is 5.28. The number of aryl methyl sites for hydroxylation is 1. The summed E-state index contributed by atoms with van der Waals surface area (Å²) in [5, 5.41) is 0. The van der Waals surface area contributed by atoms with Gasteiger partial charge in [0.25, 0.3) is 0 Å². The average molecular weight is 186 g/mol. The molecule has 3 rings (SSSR count). The molecule has 0 unspecified atom stereocenters. The number of hydrogen-bond acceptors (Lipinski definition) is 1. The van der Waals surface area contributed by atoms with Crippen LogP contribution in [0, 0.1) is 6.92 Å². The zero-order valence-electron chi connectivity index (χ0n) is 8.40. The monoisotopic (exact) mass is 186 g/mol. The molecule has 2 heterocycles. The Morgan fingerprint density at radius 1 is 1.43 bits per heavy atom. The molecule has 0 aliphatic heterocycles. The van der Waals surface area contributed by atoms with Crippen LogP contribution in [0.25, 0.3) is 5.52 Å². The fourth-order valence-corrected chi connectivity index (χ4v) is 2.10. The van der Waals surface area contributed by atoms with Crippen LogP contribution in [-0.4, -0.2) is 9.38 Å². The van der Waals surface area contributed by atoms with Crippen molar-refractivity contribution >= 4 is 5.52 Å². The van der Waals surface area contributed by atoms with Gasteiger partial charge in [0, 0.05) is 12.1 Å². The Bertz CT molecular complexity index is 466. The van der Waals surface area contributed by atoms with Crippen molar-refractivity contribution in [2.24, 2.45) is 0 Å². The van der Waals surface area contributed by atoms with Gasteiger partial charge in [0.2, 0.25) is 0 Å². The molecular weight excluding hydrogens is 172 g/mol. The first kappa shape index (κ1) is 8.04. The van der Waals surface area contributed by atoms with Gasteiger partial charge in [-0.1, -0.05) is 6.42 Å². The zero-order chi connectivity index (χ0) is 9.54. The lowest BCUT2D eigenvalue weighted by Gasteiger charge is -2.23. The molecule has 72 valence electrons. The Balaban J connectivity index is 2.16. The van der Waals surface area contributed by atoms with Gasteiger partial charge in [-0.15, -0.1) is 0 Å². The van der Waals surface area contributed by atoms with Crippen LogP contribution in [0.5, 0.6) is 0 Å². The SMILES string of the molecule is Cc1ccn2c(C3CCC3)ncc2c1. The van der Waals surface area contributed by atoms with E-state index in [4.69, 9.17) is 0 Å². The molecule has 0 N–H and O–H groups in total. The summed E-state index contributed by atoms with van der Waals surface area (Å²) < 4.78 is 2.23. The number of fused-ring (bicyclic) bond motifs is 1. The second kappa shape index (κ2) is 2.84. The highest BCUT2D eigenvalue weighted by atomic mass is 15.0. The van der Waals surface area contributed by atoms with Crippen LogP contribution in [0.15, 0.2) is 24.5 Å². The summed E-state index contributed by atoms with van der Waals surface area (Å²) in [7, 11) is 0. The van der Waals surface area contributed by atoms with Crippen molar-refractivity contribution in [1.82, 2.24) is 9.38 Å². The Kier molecular flexibility index (Phi) is 1.63. The van der Waals surface area contributed by atoms with Gasteiger partial charge in [-0.05, 0) is 37.5 Å². The van der Waals surface area contributed by atoms with Crippen LogP contribution in [0.4, 0.5) is 0 Å². The molecule has 2 nitrogen and oxygen atoms in total. The number of imidazole rings is 1. The van der Waals surface area contributed by atoms with Crippen molar-refractivity contribution in [3.8, 4) is 0 Å². The molecular formula is C12H14N2. The van der Waals surface area contributed by atoms with E-state index >= 15 is 0 Å². The quantitative estimate of drug-likeness (QED) is 0.669. The predicted octanol–water partition coefficient (Wildman–Crippen LogP) is 2.91. The first-order valence-corrected chi connectivity index (χ1v) is 5.28. The summed E-state index contributed by atoms with van der Waals surface area (Å²) in [6.45, 7) is 2.12. The highest BCUT2D eigenvalue weighted by Gasteiger charge is 2.23. The van der Waals surface area contributed by atoms with Crippen LogP contribution in [0.1, 0.15) is 36.6 Å². The molecule has 0 bridgehead atoms. The molecule has 2 heteroatoms. The van der Waals surface area contributed by atoms with E-state index in [0.717, 1.165) is 0 Å². The molecule has 14 heavy (non-hydrogen) atoms. The fourth-order valence-electron chi connectivity index (χ4n) is 2.10. The third-order valence-corrected chi connectivity index (χ3v) is 3.19. The summed E-state index contributed by atoms with van der Waals surface area (Å²) in [5.41, 5.74) is 2.53. The second-order valence-corrected chi connectivity index (χ2v) is 4.24. The van der Waals surface area contributed by atoms with Crippen molar-refractivity contribution in [3.63, 3.8) is 0 Å². The normalized spacial score (nSPS) is 17.2. The maximum Gasteiger partial charge on any atom is 0.116 e. The van der Waals surface area contributed by atoms with Crippen LogP contribution in [0.2, 0.25) is 0 Å². The maximum atomic E-state index is 4.52. The Hall–Kier alpha value is -1.31. The first-order chi connectivity index (χ1) is 6.84. The fraction of sp³-hybridized carbons (Fsp3) is 0.417. The maximum absolute atomic E-state index is 4.52. The highest BCUT2D eigenvalue weighted by molar-refractivity contribution is 5.48. The lowest BCUT2D eigenvalue weighted by atomic mass is 9.85. The molecule has 1 saturated carbocycles. The van der Waals surface area contributed by atoms with Gasteiger partial charge in [0.05, 0.1) is 11.7 Å². The summed E-state index contributed by atoms with van der Waals surface area (Å²) in [4.78, 5) is 4.52. The van der Waals surface area contributed by atoms with E-state index in [-0.39, 0.29) is 0 Å². The smallest absolute Gasteiger partial charge is 0.116 e. The molecule has 2 aromatic rings. The van der Waals surface area contributed by atoms with E-state index in [9.17, 15) is 0 Å². The van der Waals surface area contributed by atoms with Crippen molar-refractivity contribution in [2.45, 2.75) is 32.1 Å². The highest BCUT2D eigenvalue weighted by Crippen LogP contribution is 2.35. The number of nitrogens with zero attached hydrogens (tertiary/aromatic N) is 2. The molecule has 1 aliphatic carbocycles. The molecule has 0 saturated heterocycles. The average Bonchev–Trinajstić information content (AvgIpc) is 2.45. The lowest BCUT2D eigenvalue weighted by Crippen LogP contribution is -2.12. The van der Waals surface area contributed by atoms with E-state index in [2.05, 4.69) is 34.6 Å². The van der Waals surface area contributed by atoms with Crippen molar-refractivity contribution in [3.05, 3.63) is 35.9 Å². The predicted molar refractivity (Wildman–Crippen MR) is 56.5 cm³/mol. The molecule has 0 spiro atoms. The third kappa shape index (κ3) is 1.07. The molecule has 1 aliphatic rings. The van der Waals surface area contributed by atoms with E-state index in [1.54, 1.807) is 0 Å². The summed E-state index contributed by atoms with van der Waals surface area (Å²) in [5.74, 6) is 1.96. The van der Waals surface area contributed by atoms with Gasteiger partial charge in [0.1, 0.15) is 5.82 Å². The Morgan fingerprint density at radius 3 is 3.00 bits per heavy atom. The summed E-state index contributed by atoms with van der Waals surface area (Å²) in [6, 6.07) is 4.34. The van der Waals surface area contributed by atoms with E-state index in [0.29, 0.717) is 5.92 Å². The number of pyridine rings is 1. The lowest BCUT2D eigenvalue weighted by molar-refractivity contribution is 0.400. The van der Waals surface area contributed by atoms with Crippen LogP contribution >= 0.6 is 0 Å². The minimum absolute atomic E-state index is 0.709. The Labute approximate surface area is 83.6 Å². The molecule has 0 aromatic carbocycles. The van der Waals surface area contributed by atoms with E-state index < -0.39 is 0 Å². The van der Waals surface area contributed by atoms with E-state index in [1.807, 2.05) is 6.20 Å². The number of aromatic nitrogens is 2. The molecule has 1 fully saturated rings. The zero-order valence-corrected chi connectivity index (χ0v) is 8.40. The third-order valence-electron chi connectivity index (χ3n) is 3.19. The number of rotatable bonds is 1. The molecule has 0 atom stereocenters. The van der Waals surface area contributed by atoms with Crippen LogP contribution in [-0.2, 0) is 0 Å². The topological polar surface area (TPSA) is 17.3 Å². The van der Waals surface area contributed by atoms with Crippen LogP contribution < -0.4 is 0 Å². The summed E-state index contributed by atoms with van der Waals surface area (Å²) >= 11 is 0.